The molecule has 5 heteroatoms. The Hall–Kier alpha value is -2.58. The number of piperidine rings is 1. The van der Waals surface area contributed by atoms with E-state index in [1.54, 1.807) is 12.3 Å². The molecule has 25 heavy (non-hydrogen) atoms. The van der Waals surface area contributed by atoms with Crippen molar-refractivity contribution in [3.8, 4) is 6.07 Å². The van der Waals surface area contributed by atoms with Crippen molar-refractivity contribution in [1.29, 1.82) is 5.26 Å². The van der Waals surface area contributed by atoms with Gasteiger partial charge in [0.2, 0.25) is 0 Å². The van der Waals surface area contributed by atoms with Crippen LogP contribution in [0, 0.1) is 11.3 Å². The quantitative estimate of drug-likeness (QED) is 0.931. The Kier molecular flexibility index (Phi) is 5.20. The number of hydrogen-bond donors (Lipinski definition) is 1. The van der Waals surface area contributed by atoms with Crippen LogP contribution in [0.4, 0.5) is 0 Å². The minimum Gasteiger partial charge on any atom is -0.356 e. The van der Waals surface area contributed by atoms with Crippen molar-refractivity contribution < 1.29 is 4.79 Å². The molecule has 1 aromatic heterocycles. The standard InChI is InChI=1S/C20H24N4O/c1-23(2)14-15-6-8-17(9-7-15)19-5-3-4-10-24(19)20(25)18-11-16(12-21)13-22-18/h6-9,11,13,19,22H,3-5,10,14H2,1-2H3/t19-/m1/s1. The molecule has 2 heterocycles. The summed E-state index contributed by atoms with van der Waals surface area (Å²) in [6, 6.07) is 12.4. The van der Waals surface area contributed by atoms with Gasteiger partial charge in [0.15, 0.2) is 0 Å². The van der Waals surface area contributed by atoms with E-state index in [9.17, 15) is 4.79 Å². The van der Waals surface area contributed by atoms with Gasteiger partial charge in [-0.2, -0.15) is 5.26 Å². The van der Waals surface area contributed by atoms with Gasteiger partial charge in [0.05, 0.1) is 11.6 Å². The minimum atomic E-state index is -0.0245. The molecule has 1 saturated heterocycles. The molecule has 1 aliphatic heterocycles. The second-order valence-corrected chi connectivity index (χ2v) is 6.90. The van der Waals surface area contributed by atoms with Gasteiger partial charge in [-0.05, 0) is 50.6 Å². The first-order valence-electron chi connectivity index (χ1n) is 8.71. The maximum absolute atomic E-state index is 12.9. The number of nitrogens with zero attached hydrogens (tertiary/aromatic N) is 3. The van der Waals surface area contributed by atoms with E-state index in [2.05, 4.69) is 54.3 Å². The van der Waals surface area contributed by atoms with E-state index in [0.717, 1.165) is 32.4 Å². The highest BCUT2D eigenvalue weighted by Gasteiger charge is 2.29. The predicted molar refractivity (Wildman–Crippen MR) is 97.0 cm³/mol. The van der Waals surface area contributed by atoms with Crippen molar-refractivity contribution in [3.05, 3.63) is 58.9 Å². The molecule has 0 spiro atoms. The smallest absolute Gasteiger partial charge is 0.270 e. The monoisotopic (exact) mass is 336 g/mol. The summed E-state index contributed by atoms with van der Waals surface area (Å²) >= 11 is 0. The minimum absolute atomic E-state index is 0.0245. The van der Waals surface area contributed by atoms with Crippen molar-refractivity contribution in [3.63, 3.8) is 0 Å². The zero-order valence-electron chi connectivity index (χ0n) is 14.8. The van der Waals surface area contributed by atoms with Gasteiger partial charge in [-0.25, -0.2) is 0 Å². The number of carbonyl (C=O) groups excluding carboxylic acids is 1. The molecule has 1 aromatic carbocycles. The first-order chi connectivity index (χ1) is 12.1. The number of aromatic amines is 1. The van der Waals surface area contributed by atoms with Crippen LogP contribution in [0.25, 0.3) is 0 Å². The van der Waals surface area contributed by atoms with E-state index >= 15 is 0 Å². The van der Waals surface area contributed by atoms with Gasteiger partial charge < -0.3 is 14.8 Å². The van der Waals surface area contributed by atoms with Crippen LogP contribution in [-0.2, 0) is 6.54 Å². The van der Waals surface area contributed by atoms with Gasteiger partial charge in [0.25, 0.3) is 5.91 Å². The average molecular weight is 336 g/mol. The summed E-state index contributed by atoms with van der Waals surface area (Å²) < 4.78 is 0. The molecule has 130 valence electrons. The molecule has 1 aliphatic rings. The largest absolute Gasteiger partial charge is 0.356 e. The van der Waals surface area contributed by atoms with Gasteiger partial charge >= 0.3 is 0 Å². The van der Waals surface area contributed by atoms with E-state index < -0.39 is 0 Å². The number of amides is 1. The second-order valence-electron chi connectivity index (χ2n) is 6.90. The van der Waals surface area contributed by atoms with E-state index in [0.29, 0.717) is 11.3 Å². The van der Waals surface area contributed by atoms with E-state index in [-0.39, 0.29) is 11.9 Å². The zero-order valence-corrected chi connectivity index (χ0v) is 14.8. The van der Waals surface area contributed by atoms with Crippen molar-refractivity contribution in [2.75, 3.05) is 20.6 Å². The summed E-state index contributed by atoms with van der Waals surface area (Å²) in [6.45, 7) is 1.66. The summed E-state index contributed by atoms with van der Waals surface area (Å²) in [7, 11) is 4.11. The van der Waals surface area contributed by atoms with Gasteiger partial charge in [-0.15, -0.1) is 0 Å². The van der Waals surface area contributed by atoms with Crippen LogP contribution in [0.1, 0.15) is 52.5 Å². The Morgan fingerprint density at radius 1 is 1.32 bits per heavy atom. The first kappa shape index (κ1) is 17.2. The normalized spacial score (nSPS) is 17.5. The number of aromatic nitrogens is 1. The molecular formula is C20H24N4O. The third-order valence-electron chi connectivity index (χ3n) is 4.67. The van der Waals surface area contributed by atoms with Crippen LogP contribution in [0.2, 0.25) is 0 Å². The van der Waals surface area contributed by atoms with Crippen LogP contribution in [0.5, 0.6) is 0 Å². The summed E-state index contributed by atoms with van der Waals surface area (Å²) in [5, 5.41) is 8.96. The molecule has 1 atom stereocenters. The first-order valence-corrected chi connectivity index (χ1v) is 8.71. The van der Waals surface area contributed by atoms with Crippen LogP contribution in [0.15, 0.2) is 36.5 Å². The lowest BCUT2D eigenvalue weighted by atomic mass is 9.94. The SMILES string of the molecule is CN(C)Cc1ccc([C@H]2CCCCN2C(=O)c2cc(C#N)c[nH]2)cc1. The number of nitriles is 1. The van der Waals surface area contributed by atoms with Crippen LogP contribution in [-0.4, -0.2) is 41.3 Å². The Balaban J connectivity index is 1.81. The summed E-state index contributed by atoms with van der Waals surface area (Å²) in [6.07, 6.45) is 4.71. The van der Waals surface area contributed by atoms with E-state index in [1.807, 2.05) is 4.90 Å². The van der Waals surface area contributed by atoms with Crippen molar-refractivity contribution in [1.82, 2.24) is 14.8 Å². The summed E-state index contributed by atoms with van der Waals surface area (Å²) in [5.41, 5.74) is 3.44. The van der Waals surface area contributed by atoms with Crippen LogP contribution >= 0.6 is 0 Å². The maximum atomic E-state index is 12.9. The van der Waals surface area contributed by atoms with Gasteiger partial charge in [-0.1, -0.05) is 24.3 Å². The summed E-state index contributed by atoms with van der Waals surface area (Å²) in [4.78, 5) is 19.9. The van der Waals surface area contributed by atoms with Crippen molar-refractivity contribution >= 4 is 5.91 Å². The summed E-state index contributed by atoms with van der Waals surface area (Å²) in [5.74, 6) is -0.0245. The van der Waals surface area contributed by atoms with Crippen molar-refractivity contribution in [2.24, 2.45) is 0 Å². The highest BCUT2D eigenvalue weighted by Crippen LogP contribution is 2.32. The number of benzene rings is 1. The Bertz CT molecular complexity index is 770. The third-order valence-corrected chi connectivity index (χ3v) is 4.67. The third kappa shape index (κ3) is 3.92. The molecule has 1 fully saturated rings. The second kappa shape index (κ2) is 7.54. The highest BCUT2D eigenvalue weighted by molar-refractivity contribution is 5.93. The molecule has 3 rings (SSSR count). The van der Waals surface area contributed by atoms with Crippen LogP contribution in [0.3, 0.4) is 0 Å². The lowest BCUT2D eigenvalue weighted by Gasteiger charge is -2.36. The molecule has 5 nitrogen and oxygen atoms in total. The molecule has 1 N–H and O–H groups in total. The van der Waals surface area contributed by atoms with E-state index in [4.69, 9.17) is 5.26 Å². The number of hydrogen-bond acceptors (Lipinski definition) is 3. The molecule has 0 aliphatic carbocycles. The number of likely N-dealkylation sites (tertiary alicyclic amines) is 1. The Morgan fingerprint density at radius 2 is 2.08 bits per heavy atom. The number of nitrogens with one attached hydrogen (secondary N) is 1. The molecule has 2 aromatic rings. The fourth-order valence-corrected chi connectivity index (χ4v) is 3.47. The average Bonchev–Trinajstić information content (AvgIpc) is 3.10. The maximum Gasteiger partial charge on any atom is 0.270 e. The van der Waals surface area contributed by atoms with Gasteiger partial charge in [-0.3, -0.25) is 4.79 Å². The fraction of sp³-hybridized carbons (Fsp3) is 0.400. The topological polar surface area (TPSA) is 63.1 Å². The van der Waals surface area contributed by atoms with Crippen molar-refractivity contribution in [2.45, 2.75) is 31.8 Å². The van der Waals surface area contributed by atoms with Gasteiger partial charge in [0.1, 0.15) is 11.8 Å². The molecule has 0 unspecified atom stereocenters. The molecule has 0 bridgehead atoms. The highest BCUT2D eigenvalue weighted by atomic mass is 16.2. The number of H-pyrrole nitrogens is 1. The Morgan fingerprint density at radius 3 is 2.72 bits per heavy atom. The van der Waals surface area contributed by atoms with E-state index in [1.165, 1.54) is 11.1 Å². The van der Waals surface area contributed by atoms with Crippen LogP contribution < -0.4 is 0 Å². The number of rotatable bonds is 4. The number of carbonyl (C=O) groups is 1. The molecular weight excluding hydrogens is 312 g/mol. The molecule has 0 saturated carbocycles. The Labute approximate surface area is 148 Å². The fourth-order valence-electron chi connectivity index (χ4n) is 3.47. The predicted octanol–water partition coefficient (Wildman–Crippen LogP) is 3.32. The lowest BCUT2D eigenvalue weighted by Crippen LogP contribution is -2.38. The van der Waals surface area contributed by atoms with Gasteiger partial charge in [0, 0.05) is 19.3 Å². The zero-order chi connectivity index (χ0) is 17.8. The molecule has 1 amide bonds. The molecule has 0 radical (unpaired) electrons. The lowest BCUT2D eigenvalue weighted by molar-refractivity contribution is 0.0606.